The highest BCUT2D eigenvalue weighted by Gasteiger charge is 2.17. The van der Waals surface area contributed by atoms with E-state index < -0.39 is 0 Å². The summed E-state index contributed by atoms with van der Waals surface area (Å²) in [5, 5.41) is 7.62. The summed E-state index contributed by atoms with van der Waals surface area (Å²) in [6, 6.07) is 12.3. The lowest BCUT2D eigenvalue weighted by atomic mass is 10.1. The van der Waals surface area contributed by atoms with Crippen molar-refractivity contribution in [2.45, 2.75) is 46.6 Å². The Balaban J connectivity index is 1.55. The molecule has 5 rings (SSSR count). The second-order valence-corrected chi connectivity index (χ2v) is 10.0. The van der Waals surface area contributed by atoms with Crippen molar-refractivity contribution >= 4 is 33.7 Å². The molecule has 2 aromatic carbocycles. The molecule has 188 valence electrons. The second-order valence-electron chi connectivity index (χ2n) is 8.96. The Morgan fingerprint density at radius 1 is 0.944 bits per heavy atom. The van der Waals surface area contributed by atoms with Crippen LogP contribution in [0.25, 0.3) is 22.2 Å². The molecular formula is C28H33N5O2S. The van der Waals surface area contributed by atoms with E-state index in [1.54, 1.807) is 11.3 Å². The number of ether oxygens (including phenoxy) is 2. The van der Waals surface area contributed by atoms with Gasteiger partial charge in [-0.2, -0.15) is 0 Å². The highest BCUT2D eigenvalue weighted by Crippen LogP contribution is 2.36. The van der Waals surface area contributed by atoms with Crippen molar-refractivity contribution in [3.63, 3.8) is 0 Å². The number of likely N-dealkylation sites (tertiary alicyclic amines) is 1. The number of hydrogen-bond donors (Lipinski definition) is 1. The SMILES string of the molecule is CCOc1cc2nc(CN3CCCCC3)nc(Nc3cccc(-c4csc(C)n4)c3)c2cc1OCC. The molecule has 1 fully saturated rings. The number of aromatic nitrogens is 3. The number of benzene rings is 2. The molecule has 0 aliphatic carbocycles. The number of thiazole rings is 1. The zero-order chi connectivity index (χ0) is 24.9. The van der Waals surface area contributed by atoms with Gasteiger partial charge in [-0.05, 0) is 64.9 Å². The van der Waals surface area contributed by atoms with Crippen molar-refractivity contribution in [1.29, 1.82) is 0 Å². The van der Waals surface area contributed by atoms with Crippen molar-refractivity contribution in [1.82, 2.24) is 19.9 Å². The van der Waals surface area contributed by atoms with Crippen LogP contribution in [0.3, 0.4) is 0 Å². The highest BCUT2D eigenvalue weighted by molar-refractivity contribution is 7.09. The summed E-state index contributed by atoms with van der Waals surface area (Å²) in [6.45, 7) is 10.0. The number of fused-ring (bicyclic) bond motifs is 1. The molecule has 0 amide bonds. The zero-order valence-electron chi connectivity index (χ0n) is 21.2. The van der Waals surface area contributed by atoms with E-state index in [4.69, 9.17) is 19.4 Å². The first-order chi connectivity index (χ1) is 17.6. The van der Waals surface area contributed by atoms with Gasteiger partial charge in [-0.25, -0.2) is 15.0 Å². The number of hydrogen-bond acceptors (Lipinski definition) is 8. The standard InChI is InChI=1S/C28H33N5O2S/c1-4-34-25-15-22-23(16-26(25)35-5-2)31-27(17-33-12-7-6-8-13-33)32-28(22)30-21-11-9-10-20(14-21)24-18-36-19(3)29-24/h9-11,14-16,18H,4-8,12-13,17H2,1-3H3,(H,30,31,32). The molecule has 4 aromatic rings. The van der Waals surface area contributed by atoms with Crippen LogP contribution in [0, 0.1) is 6.92 Å². The first kappa shape index (κ1) is 24.5. The number of nitrogens with zero attached hydrogens (tertiary/aromatic N) is 4. The highest BCUT2D eigenvalue weighted by atomic mass is 32.1. The third-order valence-corrected chi connectivity index (χ3v) is 7.03. The molecule has 1 N–H and O–H groups in total. The minimum atomic E-state index is 0.553. The normalized spacial score (nSPS) is 14.2. The van der Waals surface area contributed by atoms with Crippen LogP contribution in [-0.4, -0.2) is 46.2 Å². The van der Waals surface area contributed by atoms with E-state index in [-0.39, 0.29) is 0 Å². The molecule has 36 heavy (non-hydrogen) atoms. The van der Waals surface area contributed by atoms with Gasteiger partial charge in [0.25, 0.3) is 0 Å². The summed E-state index contributed by atoms with van der Waals surface area (Å²) in [6.07, 6.45) is 3.76. The monoisotopic (exact) mass is 503 g/mol. The molecule has 1 saturated heterocycles. The fraction of sp³-hybridized carbons (Fsp3) is 0.393. The molecular weight excluding hydrogens is 470 g/mol. The summed E-state index contributed by atoms with van der Waals surface area (Å²) in [5.41, 5.74) is 3.86. The van der Waals surface area contributed by atoms with Gasteiger partial charge in [-0.15, -0.1) is 11.3 Å². The Morgan fingerprint density at radius 2 is 1.72 bits per heavy atom. The summed E-state index contributed by atoms with van der Waals surface area (Å²) in [4.78, 5) is 17.0. The van der Waals surface area contributed by atoms with Crippen LogP contribution in [0.2, 0.25) is 0 Å². The first-order valence-electron chi connectivity index (χ1n) is 12.7. The van der Waals surface area contributed by atoms with Crippen molar-refractivity contribution in [2.24, 2.45) is 0 Å². The van der Waals surface area contributed by atoms with Crippen molar-refractivity contribution in [2.75, 3.05) is 31.6 Å². The number of nitrogens with one attached hydrogen (secondary N) is 1. The number of anilines is 2. The van der Waals surface area contributed by atoms with Gasteiger partial charge in [0.2, 0.25) is 0 Å². The van der Waals surface area contributed by atoms with E-state index in [1.165, 1.54) is 19.3 Å². The van der Waals surface area contributed by atoms with Crippen molar-refractivity contribution < 1.29 is 9.47 Å². The van der Waals surface area contributed by atoms with E-state index >= 15 is 0 Å². The fourth-order valence-corrected chi connectivity index (χ4v) is 5.22. The van der Waals surface area contributed by atoms with Gasteiger partial charge < -0.3 is 14.8 Å². The molecule has 1 aliphatic heterocycles. The number of aryl methyl sites for hydroxylation is 1. The quantitative estimate of drug-likeness (QED) is 0.276. The predicted molar refractivity (Wildman–Crippen MR) is 147 cm³/mol. The van der Waals surface area contributed by atoms with Crippen LogP contribution < -0.4 is 14.8 Å². The lowest BCUT2D eigenvalue weighted by molar-refractivity contribution is 0.216. The zero-order valence-corrected chi connectivity index (χ0v) is 22.0. The average Bonchev–Trinajstić information content (AvgIpc) is 3.32. The maximum Gasteiger partial charge on any atom is 0.163 e. The lowest BCUT2D eigenvalue weighted by Crippen LogP contribution is -2.30. The smallest absolute Gasteiger partial charge is 0.163 e. The predicted octanol–water partition coefficient (Wildman–Crippen LogP) is 6.59. The Morgan fingerprint density at radius 3 is 2.44 bits per heavy atom. The van der Waals surface area contributed by atoms with Gasteiger partial charge in [0.1, 0.15) is 11.6 Å². The van der Waals surface area contributed by atoms with Gasteiger partial charge in [0.15, 0.2) is 11.5 Å². The van der Waals surface area contributed by atoms with Crippen LogP contribution >= 0.6 is 11.3 Å². The van der Waals surface area contributed by atoms with Gasteiger partial charge in [0.05, 0.1) is 36.0 Å². The maximum atomic E-state index is 5.91. The van der Waals surface area contributed by atoms with Crippen LogP contribution in [0.1, 0.15) is 43.9 Å². The largest absolute Gasteiger partial charge is 0.490 e. The molecule has 1 aliphatic rings. The van der Waals surface area contributed by atoms with Crippen LogP contribution in [-0.2, 0) is 6.54 Å². The molecule has 0 bridgehead atoms. The van der Waals surface area contributed by atoms with E-state index in [0.29, 0.717) is 24.7 Å². The van der Waals surface area contributed by atoms with Gasteiger partial charge in [0, 0.05) is 28.1 Å². The average molecular weight is 504 g/mol. The van der Waals surface area contributed by atoms with Crippen molar-refractivity contribution in [3.05, 3.63) is 52.6 Å². The molecule has 0 spiro atoms. The van der Waals surface area contributed by atoms with Crippen LogP contribution in [0.15, 0.2) is 41.8 Å². The molecule has 0 saturated carbocycles. The molecule has 7 nitrogen and oxygen atoms in total. The molecule has 0 unspecified atom stereocenters. The third-order valence-electron chi connectivity index (χ3n) is 6.26. The molecule has 3 heterocycles. The Kier molecular flexibility index (Phi) is 7.63. The van der Waals surface area contributed by atoms with E-state index in [9.17, 15) is 0 Å². The number of rotatable bonds is 9. The van der Waals surface area contributed by atoms with Crippen molar-refractivity contribution in [3.8, 4) is 22.8 Å². The minimum absolute atomic E-state index is 0.553. The maximum absolute atomic E-state index is 5.91. The Labute approximate surface area is 216 Å². The topological polar surface area (TPSA) is 72.4 Å². The Hall–Kier alpha value is -3.23. The minimum Gasteiger partial charge on any atom is -0.490 e. The summed E-state index contributed by atoms with van der Waals surface area (Å²) < 4.78 is 11.8. The number of piperidine rings is 1. The van der Waals surface area contributed by atoms with Gasteiger partial charge >= 0.3 is 0 Å². The first-order valence-corrected chi connectivity index (χ1v) is 13.6. The van der Waals surface area contributed by atoms with E-state index in [1.807, 2.05) is 39.0 Å². The molecule has 2 aromatic heterocycles. The molecule has 0 radical (unpaired) electrons. The van der Waals surface area contributed by atoms with E-state index in [0.717, 1.165) is 64.1 Å². The fourth-order valence-electron chi connectivity index (χ4n) is 4.59. The van der Waals surface area contributed by atoms with Gasteiger partial charge in [-0.1, -0.05) is 18.6 Å². The van der Waals surface area contributed by atoms with Gasteiger partial charge in [-0.3, -0.25) is 4.90 Å². The summed E-state index contributed by atoms with van der Waals surface area (Å²) >= 11 is 1.66. The second kappa shape index (κ2) is 11.2. The summed E-state index contributed by atoms with van der Waals surface area (Å²) in [7, 11) is 0. The van der Waals surface area contributed by atoms with Crippen LogP contribution in [0.4, 0.5) is 11.5 Å². The lowest BCUT2D eigenvalue weighted by Gasteiger charge is -2.26. The Bertz CT molecular complexity index is 1330. The van der Waals surface area contributed by atoms with Crippen LogP contribution in [0.5, 0.6) is 11.5 Å². The third kappa shape index (κ3) is 5.60. The molecule has 0 atom stereocenters. The summed E-state index contributed by atoms with van der Waals surface area (Å²) in [5.74, 6) is 2.99. The van der Waals surface area contributed by atoms with E-state index in [2.05, 4.69) is 38.8 Å². The molecule has 8 heteroatoms.